The molecule has 3 nitrogen and oxygen atoms in total. The molecule has 0 saturated carbocycles. The quantitative estimate of drug-likeness (QED) is 0.599. The van der Waals surface area contributed by atoms with E-state index in [2.05, 4.69) is 5.10 Å². The van der Waals surface area contributed by atoms with Crippen molar-refractivity contribution in [3.8, 4) is 0 Å². The highest BCUT2D eigenvalue weighted by Crippen LogP contribution is 2.00. The standard InChI is InChI=1S/C6H11N3/c1-5-3-4-8-9(5)6(2)7/h3-4,6H,7H2,1-2H3. The number of nitrogens with two attached hydrogens (primary N) is 1. The average molecular weight is 125 g/mol. The smallest absolute Gasteiger partial charge is 0.0963 e. The van der Waals surface area contributed by atoms with E-state index in [0.29, 0.717) is 0 Å². The lowest BCUT2D eigenvalue weighted by Gasteiger charge is -2.06. The summed E-state index contributed by atoms with van der Waals surface area (Å²) in [7, 11) is 0. The topological polar surface area (TPSA) is 43.8 Å². The molecule has 1 atom stereocenters. The van der Waals surface area contributed by atoms with Crippen molar-refractivity contribution in [1.82, 2.24) is 9.78 Å². The summed E-state index contributed by atoms with van der Waals surface area (Å²) < 4.78 is 1.78. The average Bonchev–Trinajstić information content (AvgIpc) is 2.13. The molecule has 0 aromatic carbocycles. The largest absolute Gasteiger partial charge is 0.310 e. The third-order valence-corrected chi connectivity index (χ3v) is 1.25. The van der Waals surface area contributed by atoms with Gasteiger partial charge in [0.25, 0.3) is 0 Å². The Morgan fingerprint density at radius 1 is 1.78 bits per heavy atom. The molecular formula is C6H11N3. The van der Waals surface area contributed by atoms with E-state index >= 15 is 0 Å². The Kier molecular flexibility index (Phi) is 1.53. The molecule has 0 aliphatic carbocycles. The van der Waals surface area contributed by atoms with Crippen LogP contribution in [0.3, 0.4) is 0 Å². The number of hydrogen-bond acceptors (Lipinski definition) is 2. The number of rotatable bonds is 1. The first-order valence-electron chi connectivity index (χ1n) is 2.97. The van der Waals surface area contributed by atoms with Crippen LogP contribution in [0.15, 0.2) is 12.3 Å². The molecule has 0 fully saturated rings. The molecular weight excluding hydrogens is 114 g/mol. The molecule has 1 unspecified atom stereocenters. The van der Waals surface area contributed by atoms with E-state index in [1.165, 1.54) is 0 Å². The summed E-state index contributed by atoms with van der Waals surface area (Å²) in [5.41, 5.74) is 6.66. The van der Waals surface area contributed by atoms with Gasteiger partial charge in [-0.05, 0) is 19.9 Å². The molecule has 1 aromatic heterocycles. The molecule has 3 heteroatoms. The fraction of sp³-hybridized carbons (Fsp3) is 0.500. The summed E-state index contributed by atoms with van der Waals surface area (Å²) >= 11 is 0. The highest BCUT2D eigenvalue weighted by Gasteiger charge is 1.98. The van der Waals surface area contributed by atoms with Crippen molar-refractivity contribution in [3.05, 3.63) is 18.0 Å². The monoisotopic (exact) mass is 125 g/mol. The Bertz CT molecular complexity index is 190. The minimum Gasteiger partial charge on any atom is -0.310 e. The summed E-state index contributed by atoms with van der Waals surface area (Å²) in [5, 5.41) is 4.01. The third kappa shape index (κ3) is 1.10. The number of aryl methyl sites for hydroxylation is 1. The molecule has 1 heterocycles. The fourth-order valence-corrected chi connectivity index (χ4v) is 0.807. The first-order chi connectivity index (χ1) is 4.22. The van der Waals surface area contributed by atoms with Gasteiger partial charge in [0.15, 0.2) is 0 Å². The Balaban J connectivity index is 2.94. The van der Waals surface area contributed by atoms with Gasteiger partial charge in [0.05, 0.1) is 6.17 Å². The molecule has 50 valence electrons. The van der Waals surface area contributed by atoms with Crippen molar-refractivity contribution in [2.45, 2.75) is 20.0 Å². The van der Waals surface area contributed by atoms with E-state index in [9.17, 15) is 0 Å². The summed E-state index contributed by atoms with van der Waals surface area (Å²) in [6.07, 6.45) is 1.73. The molecule has 0 saturated heterocycles. The lowest BCUT2D eigenvalue weighted by molar-refractivity contribution is 0.497. The second kappa shape index (κ2) is 2.19. The Labute approximate surface area is 54.5 Å². The van der Waals surface area contributed by atoms with Gasteiger partial charge >= 0.3 is 0 Å². The van der Waals surface area contributed by atoms with Gasteiger partial charge in [0, 0.05) is 11.9 Å². The highest BCUT2D eigenvalue weighted by molar-refractivity contribution is 4.97. The minimum atomic E-state index is -0.0139. The van der Waals surface area contributed by atoms with Crippen LogP contribution in [0.1, 0.15) is 18.8 Å². The summed E-state index contributed by atoms with van der Waals surface area (Å²) in [6.45, 7) is 3.89. The van der Waals surface area contributed by atoms with E-state index in [-0.39, 0.29) is 6.17 Å². The summed E-state index contributed by atoms with van der Waals surface area (Å²) in [6, 6.07) is 1.93. The number of hydrogen-bond donors (Lipinski definition) is 1. The SMILES string of the molecule is Cc1ccnn1C(C)N. The van der Waals surface area contributed by atoms with E-state index in [1.54, 1.807) is 10.9 Å². The van der Waals surface area contributed by atoms with Crippen molar-refractivity contribution in [3.63, 3.8) is 0 Å². The predicted molar refractivity (Wildman–Crippen MR) is 35.9 cm³/mol. The van der Waals surface area contributed by atoms with Gasteiger partial charge in [-0.3, -0.25) is 4.68 Å². The Hall–Kier alpha value is -0.830. The van der Waals surface area contributed by atoms with Crippen LogP contribution in [0.2, 0.25) is 0 Å². The zero-order valence-corrected chi connectivity index (χ0v) is 5.70. The lowest BCUT2D eigenvalue weighted by atomic mass is 10.5. The van der Waals surface area contributed by atoms with Gasteiger partial charge in [-0.1, -0.05) is 0 Å². The second-order valence-corrected chi connectivity index (χ2v) is 2.16. The normalized spacial score (nSPS) is 13.7. The summed E-state index contributed by atoms with van der Waals surface area (Å²) in [5.74, 6) is 0. The molecule has 1 rings (SSSR count). The van der Waals surface area contributed by atoms with E-state index < -0.39 is 0 Å². The van der Waals surface area contributed by atoms with Crippen LogP contribution in [0.5, 0.6) is 0 Å². The van der Waals surface area contributed by atoms with Gasteiger partial charge < -0.3 is 5.73 Å². The van der Waals surface area contributed by atoms with Gasteiger partial charge in [-0.25, -0.2) is 0 Å². The Morgan fingerprint density at radius 3 is 2.67 bits per heavy atom. The maximum absolute atomic E-state index is 5.56. The van der Waals surface area contributed by atoms with Crippen molar-refractivity contribution in [2.24, 2.45) is 5.73 Å². The van der Waals surface area contributed by atoms with E-state index in [0.717, 1.165) is 5.69 Å². The van der Waals surface area contributed by atoms with Crippen LogP contribution in [0, 0.1) is 6.92 Å². The van der Waals surface area contributed by atoms with Crippen LogP contribution in [-0.4, -0.2) is 9.78 Å². The highest BCUT2D eigenvalue weighted by atomic mass is 15.3. The second-order valence-electron chi connectivity index (χ2n) is 2.16. The molecule has 1 aromatic rings. The van der Waals surface area contributed by atoms with Crippen LogP contribution < -0.4 is 5.73 Å². The van der Waals surface area contributed by atoms with Gasteiger partial charge in [0.2, 0.25) is 0 Å². The fourth-order valence-electron chi connectivity index (χ4n) is 0.807. The molecule has 9 heavy (non-hydrogen) atoms. The lowest BCUT2D eigenvalue weighted by Crippen LogP contribution is -2.16. The van der Waals surface area contributed by atoms with E-state index in [1.807, 2.05) is 19.9 Å². The summed E-state index contributed by atoms with van der Waals surface area (Å²) in [4.78, 5) is 0. The number of nitrogens with zero attached hydrogens (tertiary/aromatic N) is 2. The molecule has 0 aliphatic rings. The predicted octanol–water partition coefficient (Wildman–Crippen LogP) is 0.669. The van der Waals surface area contributed by atoms with E-state index in [4.69, 9.17) is 5.73 Å². The molecule has 2 N–H and O–H groups in total. The van der Waals surface area contributed by atoms with Gasteiger partial charge in [-0.2, -0.15) is 5.10 Å². The van der Waals surface area contributed by atoms with Crippen molar-refractivity contribution in [2.75, 3.05) is 0 Å². The minimum absolute atomic E-state index is 0.0139. The first-order valence-corrected chi connectivity index (χ1v) is 2.97. The number of aromatic nitrogens is 2. The molecule has 0 spiro atoms. The molecule has 0 radical (unpaired) electrons. The Morgan fingerprint density at radius 2 is 2.44 bits per heavy atom. The van der Waals surface area contributed by atoms with Crippen LogP contribution in [0.4, 0.5) is 0 Å². The zero-order chi connectivity index (χ0) is 6.85. The van der Waals surface area contributed by atoms with Crippen LogP contribution in [0.25, 0.3) is 0 Å². The molecule has 0 bridgehead atoms. The zero-order valence-electron chi connectivity index (χ0n) is 5.70. The van der Waals surface area contributed by atoms with Crippen molar-refractivity contribution < 1.29 is 0 Å². The van der Waals surface area contributed by atoms with Gasteiger partial charge in [-0.15, -0.1) is 0 Å². The van der Waals surface area contributed by atoms with Crippen LogP contribution in [-0.2, 0) is 0 Å². The maximum atomic E-state index is 5.56. The molecule has 0 amide bonds. The maximum Gasteiger partial charge on any atom is 0.0963 e. The first kappa shape index (κ1) is 6.29. The third-order valence-electron chi connectivity index (χ3n) is 1.25. The van der Waals surface area contributed by atoms with Crippen LogP contribution >= 0.6 is 0 Å². The van der Waals surface area contributed by atoms with Crippen molar-refractivity contribution in [1.29, 1.82) is 0 Å². The van der Waals surface area contributed by atoms with Gasteiger partial charge in [0.1, 0.15) is 0 Å². The molecule has 0 aliphatic heterocycles. The van der Waals surface area contributed by atoms with Crippen molar-refractivity contribution >= 4 is 0 Å².